The highest BCUT2D eigenvalue weighted by Crippen LogP contribution is 2.36. The molecule has 17 heavy (non-hydrogen) atoms. The second-order valence-corrected chi connectivity index (χ2v) is 6.11. The Balaban J connectivity index is 1.85. The molecule has 1 saturated carbocycles. The maximum Gasteiger partial charge on any atom is 0.0876 e. The lowest BCUT2D eigenvalue weighted by molar-refractivity contribution is 0.192. The monoisotopic (exact) mass is 237 g/mol. The number of rotatable bonds is 3. The molecule has 0 bridgehead atoms. The van der Waals surface area contributed by atoms with Crippen LogP contribution in [0.25, 0.3) is 0 Å². The van der Waals surface area contributed by atoms with Crippen molar-refractivity contribution in [3.63, 3.8) is 0 Å². The minimum absolute atomic E-state index is 0.253. The lowest BCUT2D eigenvalue weighted by Crippen LogP contribution is -2.36. The molecule has 2 aliphatic rings. The maximum absolute atomic E-state index is 6.40. The van der Waals surface area contributed by atoms with Crippen LogP contribution in [0.3, 0.4) is 0 Å². The predicted molar refractivity (Wildman–Crippen MR) is 71.5 cm³/mol. The first-order valence-corrected chi connectivity index (χ1v) is 7.24. The van der Waals surface area contributed by atoms with Gasteiger partial charge in [0.2, 0.25) is 0 Å². The van der Waals surface area contributed by atoms with E-state index in [1.165, 1.54) is 31.3 Å². The second-order valence-electron chi connectivity index (χ2n) is 6.11. The molecular formula is C15H27NO. The minimum Gasteiger partial charge on any atom is -0.501 e. The van der Waals surface area contributed by atoms with Crippen molar-refractivity contribution in [2.24, 2.45) is 23.5 Å². The predicted octanol–water partition coefficient (Wildman–Crippen LogP) is 3.47. The molecule has 0 aromatic heterocycles. The largest absolute Gasteiger partial charge is 0.501 e. The van der Waals surface area contributed by atoms with Crippen LogP contribution in [0.4, 0.5) is 0 Å². The zero-order valence-electron chi connectivity index (χ0n) is 11.3. The summed E-state index contributed by atoms with van der Waals surface area (Å²) in [6.45, 7) is 5.57. The van der Waals surface area contributed by atoms with Crippen LogP contribution in [0, 0.1) is 17.8 Å². The van der Waals surface area contributed by atoms with Crippen molar-refractivity contribution in [3.05, 3.63) is 11.8 Å². The van der Waals surface area contributed by atoms with Crippen molar-refractivity contribution >= 4 is 0 Å². The summed E-state index contributed by atoms with van der Waals surface area (Å²) in [5.41, 5.74) is 7.75. The Morgan fingerprint density at radius 1 is 1.18 bits per heavy atom. The van der Waals surface area contributed by atoms with Crippen molar-refractivity contribution in [2.45, 2.75) is 58.4 Å². The fourth-order valence-corrected chi connectivity index (χ4v) is 3.30. The van der Waals surface area contributed by atoms with E-state index >= 15 is 0 Å². The van der Waals surface area contributed by atoms with Gasteiger partial charge in [0.15, 0.2) is 0 Å². The Bertz CT molecular complexity index is 264. The quantitative estimate of drug-likeness (QED) is 0.815. The SMILES string of the molecule is CC(C)C1CCC(C(N)C2=COCCC2)CC1. The van der Waals surface area contributed by atoms with Gasteiger partial charge in [-0.25, -0.2) is 0 Å². The van der Waals surface area contributed by atoms with Crippen LogP contribution in [0.5, 0.6) is 0 Å². The molecule has 0 aromatic carbocycles. The molecule has 0 amide bonds. The molecule has 2 N–H and O–H groups in total. The topological polar surface area (TPSA) is 35.2 Å². The van der Waals surface area contributed by atoms with Gasteiger partial charge >= 0.3 is 0 Å². The average molecular weight is 237 g/mol. The van der Waals surface area contributed by atoms with E-state index in [-0.39, 0.29) is 6.04 Å². The Hall–Kier alpha value is -0.500. The van der Waals surface area contributed by atoms with E-state index in [4.69, 9.17) is 10.5 Å². The van der Waals surface area contributed by atoms with Gasteiger partial charge < -0.3 is 10.5 Å². The van der Waals surface area contributed by atoms with E-state index in [0.29, 0.717) is 5.92 Å². The number of ether oxygens (including phenoxy) is 1. The van der Waals surface area contributed by atoms with Crippen molar-refractivity contribution in [3.8, 4) is 0 Å². The summed E-state index contributed by atoms with van der Waals surface area (Å²) in [4.78, 5) is 0. The number of nitrogens with two attached hydrogens (primary N) is 1. The van der Waals surface area contributed by atoms with Crippen molar-refractivity contribution in [1.29, 1.82) is 0 Å². The van der Waals surface area contributed by atoms with Gasteiger partial charge in [-0.2, -0.15) is 0 Å². The normalized spacial score (nSPS) is 31.9. The van der Waals surface area contributed by atoms with Gasteiger partial charge in [-0.3, -0.25) is 0 Å². The number of hydrogen-bond donors (Lipinski definition) is 1. The highest BCUT2D eigenvalue weighted by Gasteiger charge is 2.29. The molecule has 98 valence electrons. The van der Waals surface area contributed by atoms with Gasteiger partial charge in [0.05, 0.1) is 12.9 Å². The molecule has 2 nitrogen and oxygen atoms in total. The van der Waals surface area contributed by atoms with Gasteiger partial charge in [-0.05, 0) is 61.9 Å². The summed E-state index contributed by atoms with van der Waals surface area (Å²) in [6.07, 6.45) is 9.56. The van der Waals surface area contributed by atoms with E-state index in [1.807, 2.05) is 6.26 Å². The molecule has 1 aliphatic carbocycles. The van der Waals surface area contributed by atoms with Gasteiger partial charge in [0.25, 0.3) is 0 Å². The molecule has 1 atom stereocenters. The van der Waals surface area contributed by atoms with Crippen LogP contribution in [-0.2, 0) is 4.74 Å². The molecule has 1 aliphatic heterocycles. The lowest BCUT2D eigenvalue weighted by Gasteiger charge is -2.35. The Morgan fingerprint density at radius 3 is 2.35 bits per heavy atom. The van der Waals surface area contributed by atoms with Gasteiger partial charge in [0, 0.05) is 6.04 Å². The fraction of sp³-hybridized carbons (Fsp3) is 0.867. The lowest BCUT2D eigenvalue weighted by atomic mass is 9.73. The standard InChI is InChI=1S/C15H27NO/c1-11(2)12-5-7-13(8-6-12)15(16)14-4-3-9-17-10-14/h10-13,15H,3-9,16H2,1-2H3. The Morgan fingerprint density at radius 2 is 1.82 bits per heavy atom. The first kappa shape index (κ1) is 12.9. The summed E-state index contributed by atoms with van der Waals surface area (Å²) >= 11 is 0. The van der Waals surface area contributed by atoms with Crippen LogP contribution in [0.15, 0.2) is 11.8 Å². The molecule has 1 heterocycles. The minimum atomic E-state index is 0.253. The summed E-state index contributed by atoms with van der Waals surface area (Å²) < 4.78 is 5.41. The third kappa shape index (κ3) is 3.25. The van der Waals surface area contributed by atoms with E-state index in [0.717, 1.165) is 31.3 Å². The van der Waals surface area contributed by atoms with E-state index in [1.54, 1.807) is 0 Å². The molecule has 0 radical (unpaired) electrons. The van der Waals surface area contributed by atoms with Crippen molar-refractivity contribution in [1.82, 2.24) is 0 Å². The Kier molecular flexibility index (Phi) is 4.49. The molecule has 2 rings (SSSR count). The molecule has 2 heteroatoms. The fourth-order valence-electron chi connectivity index (χ4n) is 3.30. The summed E-state index contributed by atoms with van der Waals surface area (Å²) in [5, 5.41) is 0. The third-order valence-electron chi connectivity index (χ3n) is 4.66. The van der Waals surface area contributed by atoms with E-state index in [2.05, 4.69) is 13.8 Å². The zero-order valence-corrected chi connectivity index (χ0v) is 11.3. The van der Waals surface area contributed by atoms with Crippen molar-refractivity contribution < 1.29 is 4.74 Å². The molecular weight excluding hydrogens is 210 g/mol. The highest BCUT2D eigenvalue weighted by atomic mass is 16.5. The zero-order chi connectivity index (χ0) is 12.3. The Labute approximate surface area is 106 Å². The van der Waals surface area contributed by atoms with Crippen LogP contribution >= 0.6 is 0 Å². The van der Waals surface area contributed by atoms with Crippen LogP contribution in [-0.4, -0.2) is 12.6 Å². The van der Waals surface area contributed by atoms with E-state index in [9.17, 15) is 0 Å². The third-order valence-corrected chi connectivity index (χ3v) is 4.66. The van der Waals surface area contributed by atoms with Crippen LogP contribution in [0.1, 0.15) is 52.4 Å². The maximum atomic E-state index is 6.40. The molecule has 0 spiro atoms. The van der Waals surface area contributed by atoms with Crippen LogP contribution < -0.4 is 5.73 Å². The van der Waals surface area contributed by atoms with Gasteiger partial charge in [-0.1, -0.05) is 13.8 Å². The molecule has 0 saturated heterocycles. The number of hydrogen-bond acceptors (Lipinski definition) is 2. The van der Waals surface area contributed by atoms with Gasteiger partial charge in [0.1, 0.15) is 0 Å². The summed E-state index contributed by atoms with van der Waals surface area (Å²) in [5.74, 6) is 2.46. The molecule has 0 aromatic rings. The van der Waals surface area contributed by atoms with Crippen molar-refractivity contribution in [2.75, 3.05) is 6.61 Å². The molecule has 1 unspecified atom stereocenters. The summed E-state index contributed by atoms with van der Waals surface area (Å²) in [6, 6.07) is 0.253. The first-order valence-electron chi connectivity index (χ1n) is 7.24. The average Bonchev–Trinajstić information content (AvgIpc) is 2.39. The van der Waals surface area contributed by atoms with Crippen LogP contribution in [0.2, 0.25) is 0 Å². The first-order chi connectivity index (χ1) is 8.18. The van der Waals surface area contributed by atoms with Gasteiger partial charge in [-0.15, -0.1) is 0 Å². The summed E-state index contributed by atoms with van der Waals surface area (Å²) in [7, 11) is 0. The smallest absolute Gasteiger partial charge is 0.0876 e. The second kappa shape index (κ2) is 5.90. The highest BCUT2D eigenvalue weighted by molar-refractivity contribution is 5.11. The van der Waals surface area contributed by atoms with E-state index < -0.39 is 0 Å². The molecule has 1 fully saturated rings.